The van der Waals surface area contributed by atoms with Crippen LogP contribution in [0, 0.1) is 0 Å². The highest BCUT2D eigenvalue weighted by Gasteiger charge is 2.09. The molecule has 0 unspecified atom stereocenters. The molecule has 0 fully saturated rings. The monoisotopic (exact) mass is 334 g/mol. The van der Waals surface area contributed by atoms with E-state index >= 15 is 0 Å². The van der Waals surface area contributed by atoms with Crippen molar-refractivity contribution in [1.82, 2.24) is 0 Å². The summed E-state index contributed by atoms with van der Waals surface area (Å²) in [4.78, 5) is 11.8. The van der Waals surface area contributed by atoms with Crippen molar-refractivity contribution >= 4 is 5.97 Å². The molecule has 1 aromatic rings. The molecule has 1 rings (SSSR count). The summed E-state index contributed by atoms with van der Waals surface area (Å²) in [6.45, 7) is 4.99. The average molecular weight is 335 g/mol. The highest BCUT2D eigenvalue weighted by atomic mass is 16.6. The van der Waals surface area contributed by atoms with Gasteiger partial charge in [0, 0.05) is 6.42 Å². The van der Waals surface area contributed by atoms with Crippen molar-refractivity contribution in [2.75, 3.05) is 6.61 Å². The average Bonchev–Trinajstić information content (AvgIpc) is 2.60. The van der Waals surface area contributed by atoms with Crippen LogP contribution in [0.4, 0.5) is 0 Å². The summed E-state index contributed by atoms with van der Waals surface area (Å²) in [7, 11) is 0. The molecule has 0 saturated carbocycles. The smallest absolute Gasteiger partial charge is 0.311 e. The molecule has 0 radical (unpaired) electrons. The van der Waals surface area contributed by atoms with Gasteiger partial charge in [-0.15, -0.1) is 0 Å². The molecule has 0 amide bonds. The minimum absolute atomic E-state index is 0.181. The van der Waals surface area contributed by atoms with Gasteiger partial charge in [0.25, 0.3) is 0 Å². The molecular formula is C21H34O3. The van der Waals surface area contributed by atoms with Crippen LogP contribution in [0.3, 0.4) is 0 Å². The highest BCUT2D eigenvalue weighted by molar-refractivity contribution is 5.73. The molecule has 0 aliphatic rings. The number of carbonyl (C=O) groups is 1. The van der Waals surface area contributed by atoms with E-state index in [0.29, 0.717) is 24.5 Å². The van der Waals surface area contributed by atoms with Gasteiger partial charge in [-0.05, 0) is 25.0 Å². The molecule has 0 heterocycles. The van der Waals surface area contributed by atoms with E-state index in [4.69, 9.17) is 9.47 Å². The third kappa shape index (κ3) is 9.59. The second-order valence-corrected chi connectivity index (χ2v) is 6.35. The van der Waals surface area contributed by atoms with Gasteiger partial charge in [-0.1, -0.05) is 77.3 Å². The number of benzene rings is 1. The Morgan fingerprint density at radius 3 is 2.04 bits per heavy atom. The zero-order valence-corrected chi connectivity index (χ0v) is 15.5. The zero-order valence-electron chi connectivity index (χ0n) is 15.5. The molecule has 0 aromatic heterocycles. The lowest BCUT2D eigenvalue weighted by molar-refractivity contribution is -0.134. The first-order chi connectivity index (χ1) is 11.8. The van der Waals surface area contributed by atoms with Gasteiger partial charge in [0.15, 0.2) is 11.5 Å². The van der Waals surface area contributed by atoms with E-state index in [0.717, 1.165) is 19.3 Å². The molecule has 0 aliphatic carbocycles. The molecule has 0 bridgehead atoms. The van der Waals surface area contributed by atoms with E-state index < -0.39 is 0 Å². The molecule has 0 spiro atoms. The van der Waals surface area contributed by atoms with Crippen LogP contribution in [0.5, 0.6) is 11.5 Å². The van der Waals surface area contributed by atoms with Crippen LogP contribution >= 0.6 is 0 Å². The van der Waals surface area contributed by atoms with Gasteiger partial charge in [0.1, 0.15) is 0 Å². The number of hydrogen-bond donors (Lipinski definition) is 0. The largest absolute Gasteiger partial charge is 0.490 e. The third-order valence-electron chi connectivity index (χ3n) is 4.06. The molecule has 0 atom stereocenters. The Morgan fingerprint density at radius 2 is 1.38 bits per heavy atom. The molecule has 0 N–H and O–H groups in total. The van der Waals surface area contributed by atoms with Gasteiger partial charge in [-0.3, -0.25) is 4.79 Å². The van der Waals surface area contributed by atoms with Gasteiger partial charge in [-0.25, -0.2) is 0 Å². The maximum absolute atomic E-state index is 11.8. The molecule has 0 saturated heterocycles. The van der Waals surface area contributed by atoms with Crippen LogP contribution in [0.25, 0.3) is 0 Å². The number of ether oxygens (including phenoxy) is 2. The molecule has 3 heteroatoms. The number of para-hydroxylation sites is 2. The lowest BCUT2D eigenvalue weighted by Gasteiger charge is -2.11. The fourth-order valence-corrected chi connectivity index (χ4v) is 2.57. The summed E-state index contributed by atoms with van der Waals surface area (Å²) >= 11 is 0. The first-order valence-electron chi connectivity index (χ1n) is 9.70. The summed E-state index contributed by atoms with van der Waals surface area (Å²) in [5.74, 6) is 1.03. The van der Waals surface area contributed by atoms with Crippen molar-refractivity contribution in [2.45, 2.75) is 84.5 Å². The van der Waals surface area contributed by atoms with E-state index in [1.807, 2.05) is 18.2 Å². The summed E-state index contributed by atoms with van der Waals surface area (Å²) in [6.07, 6.45) is 12.5. The predicted molar refractivity (Wildman–Crippen MR) is 99.7 cm³/mol. The van der Waals surface area contributed by atoms with Crippen LogP contribution in [0.2, 0.25) is 0 Å². The van der Waals surface area contributed by atoms with Gasteiger partial charge >= 0.3 is 5.97 Å². The van der Waals surface area contributed by atoms with Crippen molar-refractivity contribution < 1.29 is 14.3 Å². The first kappa shape index (κ1) is 20.5. The maximum atomic E-state index is 11.8. The van der Waals surface area contributed by atoms with Crippen molar-refractivity contribution in [1.29, 1.82) is 0 Å². The Kier molecular flexibility index (Phi) is 11.9. The molecule has 1 aromatic carbocycles. The summed E-state index contributed by atoms with van der Waals surface area (Å²) < 4.78 is 11.2. The van der Waals surface area contributed by atoms with Gasteiger partial charge < -0.3 is 9.47 Å². The molecular weight excluding hydrogens is 300 g/mol. The number of esters is 1. The Bertz CT molecular complexity index is 442. The molecule has 24 heavy (non-hydrogen) atoms. The van der Waals surface area contributed by atoms with Crippen molar-refractivity contribution in [3.8, 4) is 11.5 Å². The molecule has 136 valence electrons. The van der Waals surface area contributed by atoms with E-state index in [1.54, 1.807) is 6.07 Å². The van der Waals surface area contributed by atoms with E-state index in [2.05, 4.69) is 13.8 Å². The maximum Gasteiger partial charge on any atom is 0.311 e. The number of carbonyl (C=O) groups excluding carboxylic acids is 1. The fraction of sp³-hybridized carbons (Fsp3) is 0.667. The van der Waals surface area contributed by atoms with Crippen LogP contribution in [-0.2, 0) is 4.79 Å². The Labute approximate surface area is 147 Å². The van der Waals surface area contributed by atoms with Crippen molar-refractivity contribution in [3.63, 3.8) is 0 Å². The van der Waals surface area contributed by atoms with Gasteiger partial charge in [0.05, 0.1) is 6.61 Å². The standard InChI is InChI=1S/C21H34O3/c1-3-5-7-8-9-10-11-14-18-23-19-15-12-13-16-20(19)24-21(22)17-6-4-2/h12-13,15-16H,3-11,14,17-18H2,1-2H3. The SMILES string of the molecule is CCCCCCCCCCOc1ccccc1OC(=O)CCCC. The summed E-state index contributed by atoms with van der Waals surface area (Å²) in [5, 5.41) is 0. The third-order valence-corrected chi connectivity index (χ3v) is 4.06. The Morgan fingerprint density at radius 1 is 0.792 bits per heavy atom. The van der Waals surface area contributed by atoms with E-state index in [1.165, 1.54) is 44.9 Å². The highest BCUT2D eigenvalue weighted by Crippen LogP contribution is 2.27. The van der Waals surface area contributed by atoms with Crippen LogP contribution in [0.1, 0.15) is 84.5 Å². The van der Waals surface area contributed by atoms with Crippen LogP contribution in [-0.4, -0.2) is 12.6 Å². The Hall–Kier alpha value is -1.51. The van der Waals surface area contributed by atoms with E-state index in [-0.39, 0.29) is 5.97 Å². The summed E-state index contributed by atoms with van der Waals surface area (Å²) in [5.41, 5.74) is 0. The zero-order chi connectivity index (χ0) is 17.5. The topological polar surface area (TPSA) is 35.5 Å². The normalized spacial score (nSPS) is 10.6. The van der Waals surface area contributed by atoms with Crippen LogP contribution in [0.15, 0.2) is 24.3 Å². The molecule has 3 nitrogen and oxygen atoms in total. The first-order valence-corrected chi connectivity index (χ1v) is 9.70. The second kappa shape index (κ2) is 13.9. The lowest BCUT2D eigenvalue weighted by atomic mass is 10.1. The second-order valence-electron chi connectivity index (χ2n) is 6.35. The van der Waals surface area contributed by atoms with Gasteiger partial charge in [0.2, 0.25) is 0 Å². The van der Waals surface area contributed by atoms with E-state index in [9.17, 15) is 4.79 Å². The minimum Gasteiger partial charge on any atom is -0.490 e. The quantitative estimate of drug-likeness (QED) is 0.227. The van der Waals surface area contributed by atoms with Crippen LogP contribution < -0.4 is 9.47 Å². The predicted octanol–water partition coefficient (Wildman–Crippen LogP) is 6.30. The van der Waals surface area contributed by atoms with Crippen molar-refractivity contribution in [3.05, 3.63) is 24.3 Å². The molecule has 0 aliphatic heterocycles. The summed E-state index contributed by atoms with van der Waals surface area (Å²) in [6, 6.07) is 7.44. The fourth-order valence-electron chi connectivity index (χ4n) is 2.57. The minimum atomic E-state index is -0.181. The Balaban J connectivity index is 2.21. The number of hydrogen-bond acceptors (Lipinski definition) is 3. The number of rotatable bonds is 14. The van der Waals surface area contributed by atoms with Crippen molar-refractivity contribution in [2.24, 2.45) is 0 Å². The van der Waals surface area contributed by atoms with Gasteiger partial charge in [-0.2, -0.15) is 0 Å². The lowest BCUT2D eigenvalue weighted by Crippen LogP contribution is -2.09. The number of unbranched alkanes of at least 4 members (excludes halogenated alkanes) is 8.